The molecule has 2 heterocycles. The summed E-state index contributed by atoms with van der Waals surface area (Å²) in [7, 11) is 0. The summed E-state index contributed by atoms with van der Waals surface area (Å²) in [6, 6.07) is 3.59. The van der Waals surface area contributed by atoms with E-state index in [-0.39, 0.29) is 59.1 Å². The number of likely N-dealkylation sites (tertiary alicyclic amines) is 1. The van der Waals surface area contributed by atoms with E-state index in [0.717, 1.165) is 25.7 Å². The van der Waals surface area contributed by atoms with Crippen LogP contribution in [-0.4, -0.2) is 54.0 Å². The first-order chi connectivity index (χ1) is 17.3. The number of rotatable bonds is 10. The summed E-state index contributed by atoms with van der Waals surface area (Å²) in [6.07, 6.45) is 4.61. The quantitative estimate of drug-likeness (QED) is 0.469. The van der Waals surface area contributed by atoms with Gasteiger partial charge >= 0.3 is 6.61 Å². The third kappa shape index (κ3) is 6.51. The molecule has 1 aromatic carbocycles. The first-order valence-electron chi connectivity index (χ1n) is 12.4. The Hall–Kier alpha value is -2.92. The predicted molar refractivity (Wildman–Crippen MR) is 132 cm³/mol. The lowest BCUT2D eigenvalue weighted by Crippen LogP contribution is -2.39. The second kappa shape index (κ2) is 11.2. The van der Waals surface area contributed by atoms with Crippen molar-refractivity contribution in [3.05, 3.63) is 29.7 Å². The smallest absolute Gasteiger partial charge is 0.387 e. The van der Waals surface area contributed by atoms with Crippen LogP contribution in [0.25, 0.3) is 11.5 Å². The van der Waals surface area contributed by atoms with E-state index in [2.05, 4.69) is 15.0 Å². The average Bonchev–Trinajstić information content (AvgIpc) is 3.76. The summed E-state index contributed by atoms with van der Waals surface area (Å²) in [4.78, 5) is 31.6. The Morgan fingerprint density at radius 3 is 2.62 bits per heavy atom. The highest BCUT2D eigenvalue weighted by atomic mass is 35.5. The number of hydrogen-bond acceptors (Lipinski definition) is 7. The second-order valence-electron chi connectivity index (χ2n) is 9.83. The molecule has 3 fully saturated rings. The Bertz CT molecular complexity index is 1140. The minimum absolute atomic E-state index is 0. The molecule has 0 bridgehead atoms. The fourth-order valence-corrected chi connectivity index (χ4v) is 4.29. The highest BCUT2D eigenvalue weighted by Gasteiger charge is 2.37. The van der Waals surface area contributed by atoms with E-state index < -0.39 is 18.6 Å². The van der Waals surface area contributed by atoms with Crippen molar-refractivity contribution in [2.24, 2.45) is 17.6 Å². The molecule has 0 spiro atoms. The zero-order chi connectivity index (χ0) is 25.4. The van der Waals surface area contributed by atoms with Gasteiger partial charge in [0.2, 0.25) is 11.8 Å². The zero-order valence-corrected chi connectivity index (χ0v) is 21.3. The van der Waals surface area contributed by atoms with Gasteiger partial charge < -0.3 is 29.8 Å². The second-order valence-corrected chi connectivity index (χ2v) is 9.83. The molecule has 12 heteroatoms. The molecule has 1 aliphatic heterocycles. The summed E-state index contributed by atoms with van der Waals surface area (Å²) in [6.45, 7) is 0.158. The highest BCUT2D eigenvalue weighted by molar-refractivity contribution is 5.94. The lowest BCUT2D eigenvalue weighted by molar-refractivity contribution is -0.131. The molecule has 2 aliphatic carbocycles. The van der Waals surface area contributed by atoms with Gasteiger partial charge in [0.25, 0.3) is 5.91 Å². The van der Waals surface area contributed by atoms with Crippen LogP contribution >= 0.6 is 12.4 Å². The maximum absolute atomic E-state index is 13.1. The number of nitrogens with one attached hydrogen (secondary N) is 1. The van der Waals surface area contributed by atoms with E-state index in [4.69, 9.17) is 14.9 Å². The number of aromatic nitrogens is 1. The number of amides is 2. The number of nitrogens with two attached hydrogens (primary N) is 1. The third-order valence-electron chi connectivity index (χ3n) is 6.62. The molecular formula is C25H31ClF2N4O5. The molecular weight excluding hydrogens is 510 g/mol. The monoisotopic (exact) mass is 540 g/mol. The van der Waals surface area contributed by atoms with Crippen LogP contribution in [0.1, 0.15) is 61.3 Å². The Morgan fingerprint density at radius 2 is 1.97 bits per heavy atom. The van der Waals surface area contributed by atoms with Crippen LogP contribution in [0.3, 0.4) is 0 Å². The van der Waals surface area contributed by atoms with E-state index in [9.17, 15) is 18.4 Å². The molecule has 2 atom stereocenters. The number of ether oxygens (including phenoxy) is 2. The molecule has 2 saturated carbocycles. The van der Waals surface area contributed by atoms with E-state index in [1.165, 1.54) is 18.2 Å². The van der Waals surface area contributed by atoms with Gasteiger partial charge in [0.1, 0.15) is 0 Å². The fourth-order valence-electron chi connectivity index (χ4n) is 4.29. The van der Waals surface area contributed by atoms with Crippen LogP contribution in [-0.2, 0) is 4.79 Å². The summed E-state index contributed by atoms with van der Waals surface area (Å²) in [5, 5.41) is 2.94. The summed E-state index contributed by atoms with van der Waals surface area (Å²) < 4.78 is 41.9. The van der Waals surface area contributed by atoms with Crippen molar-refractivity contribution in [1.29, 1.82) is 0 Å². The summed E-state index contributed by atoms with van der Waals surface area (Å²) in [5.74, 6) is 0.648. The van der Waals surface area contributed by atoms with Gasteiger partial charge in [-0.1, -0.05) is 0 Å². The van der Waals surface area contributed by atoms with Crippen molar-refractivity contribution in [3.8, 4) is 23.0 Å². The molecule has 1 aromatic heterocycles. The number of hydrogen-bond donors (Lipinski definition) is 2. The van der Waals surface area contributed by atoms with Gasteiger partial charge in [-0.2, -0.15) is 8.78 Å². The molecule has 3 aliphatic rings. The van der Waals surface area contributed by atoms with Crippen LogP contribution in [0.15, 0.2) is 22.6 Å². The van der Waals surface area contributed by atoms with Gasteiger partial charge in [0, 0.05) is 30.6 Å². The van der Waals surface area contributed by atoms with Crippen molar-refractivity contribution < 1.29 is 32.3 Å². The maximum atomic E-state index is 13.1. The normalized spacial score (nSPS) is 19.9. The first-order valence-corrected chi connectivity index (χ1v) is 12.4. The van der Waals surface area contributed by atoms with Gasteiger partial charge in [0.05, 0.1) is 12.6 Å². The number of benzene rings is 1. The zero-order valence-electron chi connectivity index (χ0n) is 20.5. The molecule has 1 unspecified atom stereocenters. The molecule has 202 valence electrons. The average molecular weight is 541 g/mol. The van der Waals surface area contributed by atoms with E-state index in [1.807, 2.05) is 0 Å². The number of carbonyl (C=O) groups is 2. The topological polar surface area (TPSA) is 120 Å². The van der Waals surface area contributed by atoms with Crippen LogP contribution < -0.4 is 20.5 Å². The van der Waals surface area contributed by atoms with E-state index in [1.54, 1.807) is 11.8 Å². The Balaban J connectivity index is 0.00000320. The summed E-state index contributed by atoms with van der Waals surface area (Å²) >= 11 is 0. The minimum Gasteiger partial charge on any atom is -0.489 e. The number of oxazole rings is 1. The number of carbonyl (C=O) groups excluding carboxylic acids is 2. The van der Waals surface area contributed by atoms with Gasteiger partial charge in [-0.15, -0.1) is 12.4 Å². The lowest BCUT2D eigenvalue weighted by Gasteiger charge is -2.16. The van der Waals surface area contributed by atoms with Crippen molar-refractivity contribution in [2.75, 3.05) is 19.7 Å². The first kappa shape index (κ1) is 27.1. The van der Waals surface area contributed by atoms with Gasteiger partial charge in [-0.05, 0) is 63.1 Å². The van der Waals surface area contributed by atoms with Crippen LogP contribution in [0.2, 0.25) is 0 Å². The van der Waals surface area contributed by atoms with Crippen molar-refractivity contribution in [3.63, 3.8) is 0 Å². The fraction of sp³-hybridized carbons (Fsp3) is 0.560. The standard InChI is InChI=1S/C25H30F2N4O5.ClH/c1-13(28)21-20(22(32)29-17-8-9-31(11-17)24(33)15-4-5-15)30-23(36-21)16-6-7-18(35-25(26)27)19(10-16)34-12-14-2-3-14;/h6-7,10,13-15,17,25H,2-5,8-9,11-12,28H2,1H3,(H,29,32);1H/t13-,17?;/m0./s1. The Morgan fingerprint density at radius 1 is 1.22 bits per heavy atom. The van der Waals surface area contributed by atoms with Crippen LogP contribution in [0.5, 0.6) is 11.5 Å². The predicted octanol–water partition coefficient (Wildman–Crippen LogP) is 3.91. The number of alkyl halides is 2. The van der Waals surface area contributed by atoms with Crippen molar-refractivity contribution >= 4 is 24.2 Å². The minimum atomic E-state index is -2.99. The van der Waals surface area contributed by atoms with Gasteiger partial charge in [-0.3, -0.25) is 9.59 Å². The molecule has 2 aromatic rings. The van der Waals surface area contributed by atoms with Crippen molar-refractivity contribution in [2.45, 2.75) is 57.7 Å². The van der Waals surface area contributed by atoms with E-state index >= 15 is 0 Å². The Kier molecular flexibility index (Phi) is 8.23. The maximum Gasteiger partial charge on any atom is 0.387 e. The molecule has 3 N–H and O–H groups in total. The SMILES string of the molecule is C[C@H](N)c1oc(-c2ccc(OC(F)F)c(OCC3CC3)c2)nc1C(=O)NC1CCN(C(=O)C2CC2)C1.Cl. The molecule has 5 rings (SSSR count). The van der Waals surface area contributed by atoms with Gasteiger partial charge in [0.15, 0.2) is 23.0 Å². The summed E-state index contributed by atoms with van der Waals surface area (Å²) in [5.41, 5.74) is 6.55. The largest absolute Gasteiger partial charge is 0.489 e. The lowest BCUT2D eigenvalue weighted by atomic mass is 10.2. The van der Waals surface area contributed by atoms with Crippen LogP contribution in [0, 0.1) is 11.8 Å². The third-order valence-corrected chi connectivity index (χ3v) is 6.62. The van der Waals surface area contributed by atoms with E-state index in [0.29, 0.717) is 37.6 Å². The van der Waals surface area contributed by atoms with Crippen molar-refractivity contribution in [1.82, 2.24) is 15.2 Å². The molecule has 1 saturated heterocycles. The Labute approximate surface area is 219 Å². The highest BCUT2D eigenvalue weighted by Crippen LogP contribution is 2.37. The molecule has 0 radical (unpaired) electrons. The molecule has 2 amide bonds. The molecule has 37 heavy (non-hydrogen) atoms. The van der Waals surface area contributed by atoms with Crippen LogP contribution in [0.4, 0.5) is 8.78 Å². The molecule has 9 nitrogen and oxygen atoms in total. The van der Waals surface area contributed by atoms with Gasteiger partial charge in [-0.25, -0.2) is 4.98 Å². The number of halogens is 3. The number of nitrogens with zero attached hydrogens (tertiary/aromatic N) is 2.